The Morgan fingerprint density at radius 2 is 1.83 bits per heavy atom. The normalized spacial score (nSPS) is 12.9. The van der Waals surface area contributed by atoms with Gasteiger partial charge < -0.3 is 4.57 Å². The van der Waals surface area contributed by atoms with Crippen LogP contribution in [-0.2, 0) is 16.6 Å². The van der Waals surface area contributed by atoms with Crippen LogP contribution in [0.5, 0.6) is 0 Å². The zero-order valence-electron chi connectivity index (χ0n) is 13.7. The van der Waals surface area contributed by atoms with E-state index in [1.54, 1.807) is 6.92 Å². The van der Waals surface area contributed by atoms with Gasteiger partial charge >= 0.3 is 5.69 Å². The number of nitrogens with one attached hydrogen (secondary N) is 2. The molecule has 0 spiro atoms. The molecule has 2 rings (SSSR count). The molecule has 2 aromatic rings. The summed E-state index contributed by atoms with van der Waals surface area (Å²) in [7, 11) is -3.47. The van der Waals surface area contributed by atoms with E-state index in [1.165, 1.54) is 16.8 Å². The average Bonchev–Trinajstić information content (AvgIpc) is 2.49. The van der Waals surface area contributed by atoms with Crippen molar-refractivity contribution in [1.29, 1.82) is 0 Å². The van der Waals surface area contributed by atoms with Gasteiger partial charge in [-0.05, 0) is 25.8 Å². The molecular formula is C16H21N3O4S. The van der Waals surface area contributed by atoms with E-state index >= 15 is 0 Å². The summed E-state index contributed by atoms with van der Waals surface area (Å²) in [5.74, 6) is -0.102. The van der Waals surface area contributed by atoms with Gasteiger partial charge in [-0.25, -0.2) is 17.9 Å². The van der Waals surface area contributed by atoms with Crippen LogP contribution in [-0.4, -0.2) is 23.7 Å². The first-order valence-corrected chi connectivity index (χ1v) is 9.28. The van der Waals surface area contributed by atoms with Gasteiger partial charge in [-0.15, -0.1) is 0 Å². The lowest BCUT2D eigenvalue weighted by Gasteiger charge is -2.15. The zero-order valence-corrected chi connectivity index (χ0v) is 14.5. The molecule has 1 heterocycles. The molecule has 1 aromatic carbocycles. The SMILES string of the molecule is Cc1ccc(C(C)NS(=O)(=O)CCCn2ccc(=O)[nH]c2=O)cc1. The van der Waals surface area contributed by atoms with E-state index in [1.807, 2.05) is 31.2 Å². The molecule has 0 amide bonds. The summed E-state index contributed by atoms with van der Waals surface area (Å²) in [6.07, 6.45) is 1.62. The largest absolute Gasteiger partial charge is 0.328 e. The van der Waals surface area contributed by atoms with Crippen LogP contribution in [0.4, 0.5) is 0 Å². The predicted molar refractivity (Wildman–Crippen MR) is 92.5 cm³/mol. The third kappa shape index (κ3) is 5.17. The number of sulfonamides is 1. The first-order valence-electron chi connectivity index (χ1n) is 7.63. The number of H-pyrrole nitrogens is 1. The van der Waals surface area contributed by atoms with Crippen molar-refractivity contribution in [2.45, 2.75) is 32.9 Å². The highest BCUT2D eigenvalue weighted by molar-refractivity contribution is 7.89. The highest BCUT2D eigenvalue weighted by Crippen LogP contribution is 2.14. The standard InChI is InChI=1S/C16H21N3O4S/c1-12-4-6-14(7-5-12)13(2)18-24(22,23)11-3-9-19-10-8-15(20)17-16(19)21/h4-8,10,13,18H,3,9,11H2,1-2H3,(H,17,20,21). The van der Waals surface area contributed by atoms with Crippen LogP contribution in [0, 0.1) is 6.92 Å². The molecule has 1 unspecified atom stereocenters. The molecule has 0 bridgehead atoms. The monoisotopic (exact) mass is 351 g/mol. The number of aromatic nitrogens is 2. The van der Waals surface area contributed by atoms with Gasteiger partial charge in [-0.2, -0.15) is 0 Å². The summed E-state index contributed by atoms with van der Waals surface area (Å²) in [5, 5.41) is 0. The quantitative estimate of drug-likeness (QED) is 0.774. The summed E-state index contributed by atoms with van der Waals surface area (Å²) in [4.78, 5) is 24.6. The van der Waals surface area contributed by atoms with Gasteiger partial charge in [-0.1, -0.05) is 29.8 Å². The lowest BCUT2D eigenvalue weighted by atomic mass is 10.1. The van der Waals surface area contributed by atoms with Crippen molar-refractivity contribution in [3.05, 3.63) is 68.5 Å². The summed E-state index contributed by atoms with van der Waals surface area (Å²) in [5.41, 5.74) is 0.986. The minimum Gasteiger partial charge on any atom is -0.301 e. The second kappa shape index (κ2) is 7.59. The Morgan fingerprint density at radius 3 is 2.46 bits per heavy atom. The zero-order chi connectivity index (χ0) is 17.7. The Bertz CT molecular complexity index is 898. The van der Waals surface area contributed by atoms with Gasteiger partial charge in [0.1, 0.15) is 0 Å². The molecule has 8 heteroatoms. The summed E-state index contributed by atoms with van der Waals surface area (Å²) in [6.45, 7) is 3.97. The maximum absolute atomic E-state index is 12.2. The lowest BCUT2D eigenvalue weighted by molar-refractivity contribution is 0.556. The van der Waals surface area contributed by atoms with E-state index in [0.29, 0.717) is 0 Å². The van der Waals surface area contributed by atoms with Crippen LogP contribution in [0.25, 0.3) is 0 Å². The van der Waals surface area contributed by atoms with Gasteiger partial charge in [-0.3, -0.25) is 9.78 Å². The fourth-order valence-corrected chi connectivity index (χ4v) is 3.60. The molecule has 0 aliphatic rings. The smallest absolute Gasteiger partial charge is 0.301 e. The van der Waals surface area contributed by atoms with Gasteiger partial charge in [0.05, 0.1) is 5.75 Å². The molecule has 0 fully saturated rings. The van der Waals surface area contributed by atoms with Crippen molar-refractivity contribution < 1.29 is 8.42 Å². The minimum absolute atomic E-state index is 0.102. The van der Waals surface area contributed by atoms with Gasteiger partial charge in [0, 0.05) is 24.8 Å². The number of aromatic amines is 1. The fraction of sp³-hybridized carbons (Fsp3) is 0.375. The van der Waals surface area contributed by atoms with E-state index in [-0.39, 0.29) is 24.8 Å². The van der Waals surface area contributed by atoms with Crippen LogP contribution >= 0.6 is 0 Å². The molecule has 0 saturated heterocycles. The average molecular weight is 351 g/mol. The Kier molecular flexibility index (Phi) is 5.74. The van der Waals surface area contributed by atoms with Gasteiger partial charge in [0.2, 0.25) is 10.0 Å². The molecule has 1 aromatic heterocycles. The van der Waals surface area contributed by atoms with Crippen molar-refractivity contribution >= 4 is 10.0 Å². The number of benzene rings is 1. The van der Waals surface area contributed by atoms with E-state index in [9.17, 15) is 18.0 Å². The Hall–Kier alpha value is -2.19. The first kappa shape index (κ1) is 18.2. The van der Waals surface area contributed by atoms with Crippen LogP contribution < -0.4 is 16.0 Å². The predicted octanol–water partition coefficient (Wildman–Crippen LogP) is 0.916. The molecule has 130 valence electrons. The van der Waals surface area contributed by atoms with E-state index in [4.69, 9.17) is 0 Å². The second-order valence-electron chi connectivity index (χ2n) is 5.73. The molecule has 0 aliphatic heterocycles. The maximum Gasteiger partial charge on any atom is 0.328 e. The van der Waals surface area contributed by atoms with Crippen molar-refractivity contribution in [3.8, 4) is 0 Å². The first-order chi connectivity index (χ1) is 11.3. The molecule has 2 N–H and O–H groups in total. The maximum atomic E-state index is 12.2. The molecular weight excluding hydrogens is 330 g/mol. The second-order valence-corrected chi connectivity index (χ2v) is 7.60. The molecule has 0 aliphatic carbocycles. The lowest BCUT2D eigenvalue weighted by Crippen LogP contribution is -2.31. The van der Waals surface area contributed by atoms with Crippen molar-refractivity contribution in [3.63, 3.8) is 0 Å². The Balaban J connectivity index is 1.92. The third-order valence-electron chi connectivity index (χ3n) is 3.64. The van der Waals surface area contributed by atoms with E-state index in [0.717, 1.165) is 11.1 Å². The number of nitrogens with zero attached hydrogens (tertiary/aromatic N) is 1. The fourth-order valence-electron chi connectivity index (χ4n) is 2.30. The number of hydrogen-bond donors (Lipinski definition) is 2. The van der Waals surface area contributed by atoms with E-state index < -0.39 is 21.3 Å². The summed E-state index contributed by atoms with van der Waals surface area (Å²) < 4.78 is 28.2. The minimum atomic E-state index is -3.47. The molecule has 24 heavy (non-hydrogen) atoms. The van der Waals surface area contributed by atoms with Crippen molar-refractivity contribution in [2.75, 3.05) is 5.75 Å². The topological polar surface area (TPSA) is 101 Å². The molecule has 0 saturated carbocycles. The molecule has 1 atom stereocenters. The van der Waals surface area contributed by atoms with Crippen LogP contribution in [0.15, 0.2) is 46.1 Å². The van der Waals surface area contributed by atoms with Gasteiger partial charge in [0.15, 0.2) is 0 Å². The molecule has 0 radical (unpaired) electrons. The van der Waals surface area contributed by atoms with Crippen LogP contribution in [0.1, 0.15) is 30.5 Å². The Morgan fingerprint density at radius 1 is 1.17 bits per heavy atom. The van der Waals surface area contributed by atoms with Crippen LogP contribution in [0.3, 0.4) is 0 Å². The summed E-state index contributed by atoms with van der Waals surface area (Å²) >= 11 is 0. The van der Waals surface area contributed by atoms with E-state index in [2.05, 4.69) is 9.71 Å². The highest BCUT2D eigenvalue weighted by Gasteiger charge is 2.15. The van der Waals surface area contributed by atoms with Crippen molar-refractivity contribution in [1.82, 2.24) is 14.3 Å². The van der Waals surface area contributed by atoms with Crippen molar-refractivity contribution in [2.24, 2.45) is 0 Å². The summed E-state index contributed by atoms with van der Waals surface area (Å²) in [6, 6.07) is 8.55. The number of rotatable bonds is 7. The van der Waals surface area contributed by atoms with Gasteiger partial charge in [0.25, 0.3) is 5.56 Å². The molecule has 7 nitrogen and oxygen atoms in total. The van der Waals surface area contributed by atoms with Crippen LogP contribution in [0.2, 0.25) is 0 Å². The third-order valence-corrected chi connectivity index (χ3v) is 5.18. The number of hydrogen-bond acceptors (Lipinski definition) is 4. The Labute approximate surface area is 140 Å². The highest BCUT2D eigenvalue weighted by atomic mass is 32.2. The number of aryl methyl sites for hydroxylation is 2.